The van der Waals surface area contributed by atoms with Crippen molar-refractivity contribution in [2.75, 3.05) is 61.8 Å². The van der Waals surface area contributed by atoms with Gasteiger partial charge < -0.3 is 30.7 Å². The average molecular weight is 654 g/mol. The van der Waals surface area contributed by atoms with E-state index in [1.165, 1.54) is 0 Å². The molecule has 10 nitrogen and oxygen atoms in total. The maximum Gasteiger partial charge on any atom is 0.322 e. The molecule has 0 aliphatic carbocycles. The summed E-state index contributed by atoms with van der Waals surface area (Å²) in [7, 11) is 0. The lowest BCUT2D eigenvalue weighted by Gasteiger charge is -2.39. The topological polar surface area (TPSA) is 115 Å². The maximum atomic E-state index is 14.1. The van der Waals surface area contributed by atoms with E-state index in [0.29, 0.717) is 81.3 Å². The van der Waals surface area contributed by atoms with Crippen LogP contribution in [0.1, 0.15) is 36.0 Å². The monoisotopic (exact) mass is 653 g/mol. The van der Waals surface area contributed by atoms with E-state index in [0.717, 1.165) is 28.9 Å². The summed E-state index contributed by atoms with van der Waals surface area (Å²) < 4.78 is 0. The van der Waals surface area contributed by atoms with Crippen LogP contribution in [0.25, 0.3) is 0 Å². The number of amides is 4. The van der Waals surface area contributed by atoms with Crippen molar-refractivity contribution in [3.63, 3.8) is 0 Å². The zero-order chi connectivity index (χ0) is 32.9. The predicted octanol–water partition coefficient (Wildman–Crippen LogP) is 4.28. The van der Waals surface area contributed by atoms with Crippen LogP contribution in [0.3, 0.4) is 0 Å². The molecular formula is C36H40ClN7O3. The minimum atomic E-state index is -0.590. The van der Waals surface area contributed by atoms with Gasteiger partial charge in [-0.1, -0.05) is 35.7 Å². The number of rotatable bonds is 7. The number of pyridine rings is 1. The zero-order valence-corrected chi connectivity index (χ0v) is 27.2. The highest BCUT2D eigenvalue weighted by Crippen LogP contribution is 2.29. The Balaban J connectivity index is 1.11. The number of aromatic nitrogens is 1. The number of benzene rings is 2. The number of likely N-dealkylation sites (tertiary alicyclic amines) is 1. The molecule has 1 aromatic heterocycles. The van der Waals surface area contributed by atoms with Crippen LogP contribution < -0.4 is 16.0 Å². The van der Waals surface area contributed by atoms with Crippen LogP contribution in [-0.2, 0) is 22.4 Å². The van der Waals surface area contributed by atoms with E-state index in [1.807, 2.05) is 51.1 Å². The number of halogens is 1. The molecule has 244 valence electrons. The SMILES string of the molecule is C#Cc1cc(C[C@@H](CC(=O)N2CCC(N3CCc4ccccc4NC3=O)CC2)C(=O)N2CCN(c3ccncc3)CC2)cc(Cl)c1N. The Kier molecular flexibility index (Phi) is 9.83. The van der Waals surface area contributed by atoms with Crippen molar-refractivity contribution >= 4 is 46.5 Å². The van der Waals surface area contributed by atoms with Crippen LogP contribution >= 0.6 is 11.6 Å². The molecule has 2 aromatic carbocycles. The summed E-state index contributed by atoms with van der Waals surface area (Å²) in [6, 6.07) is 15.3. The van der Waals surface area contributed by atoms with E-state index in [1.54, 1.807) is 24.5 Å². The van der Waals surface area contributed by atoms with E-state index in [-0.39, 0.29) is 30.3 Å². The molecule has 3 N–H and O–H groups in total. The molecule has 3 aliphatic heterocycles. The number of anilines is 3. The first-order chi connectivity index (χ1) is 22.8. The Bertz CT molecular complexity index is 1660. The third-order valence-corrected chi connectivity index (χ3v) is 9.93. The number of para-hydroxylation sites is 1. The van der Waals surface area contributed by atoms with Gasteiger partial charge in [0.15, 0.2) is 0 Å². The average Bonchev–Trinajstić information content (AvgIpc) is 3.27. The van der Waals surface area contributed by atoms with Crippen LogP contribution in [0, 0.1) is 18.3 Å². The highest BCUT2D eigenvalue weighted by Gasteiger charge is 2.34. The van der Waals surface area contributed by atoms with Crippen LogP contribution in [0.2, 0.25) is 5.02 Å². The lowest BCUT2D eigenvalue weighted by molar-refractivity contribution is -0.142. The normalized spacial score (nSPS) is 17.7. The van der Waals surface area contributed by atoms with Gasteiger partial charge in [0.05, 0.1) is 16.6 Å². The molecule has 0 unspecified atom stereocenters. The van der Waals surface area contributed by atoms with Gasteiger partial charge in [-0.25, -0.2) is 4.79 Å². The smallest absolute Gasteiger partial charge is 0.322 e. The van der Waals surface area contributed by atoms with Gasteiger partial charge >= 0.3 is 6.03 Å². The number of hydrogen-bond donors (Lipinski definition) is 2. The van der Waals surface area contributed by atoms with Crippen molar-refractivity contribution in [1.82, 2.24) is 19.7 Å². The number of carbonyl (C=O) groups is 3. The molecule has 6 rings (SSSR count). The summed E-state index contributed by atoms with van der Waals surface area (Å²) in [5.74, 6) is 1.86. The quantitative estimate of drug-likeness (QED) is 0.291. The number of urea groups is 1. The van der Waals surface area contributed by atoms with Crippen LogP contribution in [0.15, 0.2) is 60.9 Å². The minimum Gasteiger partial charge on any atom is -0.397 e. The largest absolute Gasteiger partial charge is 0.397 e. The van der Waals surface area contributed by atoms with E-state index in [2.05, 4.69) is 21.1 Å². The summed E-state index contributed by atoms with van der Waals surface area (Å²) >= 11 is 6.40. The molecule has 2 saturated heterocycles. The van der Waals surface area contributed by atoms with Gasteiger partial charge in [-0.15, -0.1) is 6.42 Å². The second-order valence-electron chi connectivity index (χ2n) is 12.4. The summed E-state index contributed by atoms with van der Waals surface area (Å²) in [6.45, 7) is 4.17. The molecule has 11 heteroatoms. The molecule has 47 heavy (non-hydrogen) atoms. The first-order valence-electron chi connectivity index (χ1n) is 16.2. The fourth-order valence-electron chi connectivity index (χ4n) is 6.95. The van der Waals surface area contributed by atoms with Crippen molar-refractivity contribution < 1.29 is 14.4 Å². The highest BCUT2D eigenvalue weighted by atomic mass is 35.5. The fourth-order valence-corrected chi connectivity index (χ4v) is 7.19. The summed E-state index contributed by atoms with van der Waals surface area (Å²) in [4.78, 5) is 52.9. The molecule has 4 heterocycles. The third kappa shape index (κ3) is 7.31. The maximum absolute atomic E-state index is 14.1. The molecule has 0 bridgehead atoms. The van der Waals surface area contributed by atoms with E-state index < -0.39 is 5.92 Å². The molecule has 2 fully saturated rings. The Morgan fingerprint density at radius 2 is 1.72 bits per heavy atom. The first kappa shape index (κ1) is 32.2. The Hall–Kier alpha value is -4.75. The molecule has 1 atom stereocenters. The van der Waals surface area contributed by atoms with Gasteiger partial charge in [-0.2, -0.15) is 0 Å². The van der Waals surface area contributed by atoms with Crippen LogP contribution in [0.5, 0.6) is 0 Å². The zero-order valence-electron chi connectivity index (χ0n) is 26.4. The number of piperidine rings is 1. The fraction of sp³-hybridized carbons (Fsp3) is 0.389. The van der Waals surface area contributed by atoms with Crippen molar-refractivity contribution in [3.8, 4) is 12.3 Å². The van der Waals surface area contributed by atoms with Crippen molar-refractivity contribution in [3.05, 3.63) is 82.6 Å². The van der Waals surface area contributed by atoms with Crippen LogP contribution in [-0.4, -0.2) is 89.4 Å². The number of piperazine rings is 1. The lowest BCUT2D eigenvalue weighted by Crippen LogP contribution is -2.52. The first-order valence-corrected chi connectivity index (χ1v) is 16.6. The minimum absolute atomic E-state index is 0.0431. The van der Waals surface area contributed by atoms with Crippen molar-refractivity contribution in [1.29, 1.82) is 0 Å². The van der Waals surface area contributed by atoms with E-state index in [9.17, 15) is 14.4 Å². The Labute approximate surface area is 280 Å². The molecule has 0 radical (unpaired) electrons. The second kappa shape index (κ2) is 14.3. The number of fused-ring (bicyclic) bond motifs is 1. The molecule has 3 aliphatic rings. The van der Waals surface area contributed by atoms with Crippen LogP contribution in [0.4, 0.5) is 21.9 Å². The number of nitrogens with one attached hydrogen (secondary N) is 1. The standard InChI is InChI=1S/C36H40ClN7O3/c1-2-26-21-25(23-31(37)34(26)38)22-28(35(46)43-19-17-41(18-20-43)29-7-12-39-13-8-29)24-33(45)42-14-10-30(11-15-42)44-16-9-27-5-3-4-6-32(27)40-36(44)47/h1,3-8,12-13,21,23,28,30H,9-11,14-20,22,24,38H2,(H,40,47)/t28-/m0/s1. The number of nitrogen functional groups attached to an aromatic ring is 1. The Morgan fingerprint density at radius 3 is 2.45 bits per heavy atom. The molecular weight excluding hydrogens is 614 g/mol. The van der Waals surface area contributed by atoms with Gasteiger partial charge in [0.1, 0.15) is 0 Å². The molecule has 4 amide bonds. The number of nitrogens with zero attached hydrogens (tertiary/aromatic N) is 5. The Morgan fingerprint density at radius 1 is 1.00 bits per heavy atom. The number of terminal acetylenes is 1. The van der Waals surface area contributed by atoms with Gasteiger partial charge in [0.25, 0.3) is 0 Å². The molecule has 0 spiro atoms. The summed E-state index contributed by atoms with van der Waals surface area (Å²) in [5, 5.41) is 3.39. The number of nitrogens with two attached hydrogens (primary N) is 1. The van der Waals surface area contributed by atoms with Gasteiger partial charge in [0, 0.05) is 87.6 Å². The van der Waals surface area contributed by atoms with Crippen molar-refractivity contribution in [2.45, 2.75) is 38.1 Å². The van der Waals surface area contributed by atoms with Gasteiger partial charge in [-0.05, 0) is 67.1 Å². The van der Waals surface area contributed by atoms with E-state index in [4.69, 9.17) is 23.8 Å². The van der Waals surface area contributed by atoms with Crippen molar-refractivity contribution in [2.24, 2.45) is 5.92 Å². The number of carbonyl (C=O) groups excluding carboxylic acids is 3. The lowest BCUT2D eigenvalue weighted by atomic mass is 9.92. The highest BCUT2D eigenvalue weighted by molar-refractivity contribution is 6.33. The predicted molar refractivity (Wildman–Crippen MR) is 184 cm³/mol. The molecule has 0 saturated carbocycles. The third-order valence-electron chi connectivity index (χ3n) is 9.62. The van der Waals surface area contributed by atoms with E-state index >= 15 is 0 Å². The van der Waals surface area contributed by atoms with Gasteiger partial charge in [0.2, 0.25) is 11.8 Å². The summed E-state index contributed by atoms with van der Waals surface area (Å²) in [5.41, 5.74) is 10.7. The number of hydrogen-bond acceptors (Lipinski definition) is 6. The molecule has 3 aromatic rings. The summed E-state index contributed by atoms with van der Waals surface area (Å²) in [6.07, 6.45) is 11.7. The van der Waals surface area contributed by atoms with Gasteiger partial charge in [-0.3, -0.25) is 14.6 Å². The second-order valence-corrected chi connectivity index (χ2v) is 12.9.